The van der Waals surface area contributed by atoms with Gasteiger partial charge in [0, 0.05) is 12.1 Å². The Kier molecular flexibility index (Phi) is 5.84. The van der Waals surface area contributed by atoms with E-state index in [-0.39, 0.29) is 5.56 Å². The number of nitrogens with zero attached hydrogens (tertiary/aromatic N) is 1. The normalized spacial score (nSPS) is 11.0. The second-order valence-electron chi connectivity index (χ2n) is 5.10. The van der Waals surface area contributed by atoms with Crippen LogP contribution in [-0.4, -0.2) is 38.1 Å². The smallest absolute Gasteiger partial charge is 0.335 e. The molecule has 0 aliphatic rings. The number of methoxy groups -OCH3 is 3. The predicted molar refractivity (Wildman–Crippen MR) is 95.3 cm³/mol. The molecule has 0 atom stereocenters. The van der Waals surface area contributed by atoms with E-state index < -0.39 is 5.97 Å². The quantitative estimate of drug-likeness (QED) is 0.592. The number of carbonyl (C=O) groups is 1. The molecule has 0 aromatic heterocycles. The van der Waals surface area contributed by atoms with Crippen LogP contribution in [0.15, 0.2) is 41.5 Å². The molecular formula is C18H20N2O5. The molecule has 0 aliphatic heterocycles. The Morgan fingerprint density at radius 3 is 2.00 bits per heavy atom. The molecule has 2 aromatic rings. The summed E-state index contributed by atoms with van der Waals surface area (Å²) in [6.45, 7) is 1.81. The van der Waals surface area contributed by atoms with Crippen LogP contribution < -0.4 is 19.6 Å². The lowest BCUT2D eigenvalue weighted by Crippen LogP contribution is -2.06. The zero-order valence-corrected chi connectivity index (χ0v) is 14.5. The highest BCUT2D eigenvalue weighted by Gasteiger charge is 2.16. The number of hydrogen-bond acceptors (Lipinski definition) is 6. The molecule has 0 bridgehead atoms. The summed E-state index contributed by atoms with van der Waals surface area (Å²) in [7, 11) is 4.68. The van der Waals surface area contributed by atoms with Crippen molar-refractivity contribution in [3.63, 3.8) is 0 Å². The Hall–Kier alpha value is -3.22. The third-order valence-electron chi connectivity index (χ3n) is 3.56. The minimum Gasteiger partial charge on any atom is -0.496 e. The fourth-order valence-corrected chi connectivity index (χ4v) is 2.25. The monoisotopic (exact) mass is 344 g/mol. The summed E-state index contributed by atoms with van der Waals surface area (Å²) in [4.78, 5) is 10.9. The van der Waals surface area contributed by atoms with Crippen LogP contribution in [0.2, 0.25) is 0 Å². The van der Waals surface area contributed by atoms with E-state index in [0.717, 1.165) is 0 Å². The Bertz CT molecular complexity index is 760. The standard InChI is InChI=1S/C18H20N2O5/c1-11(19-20-13-7-5-12(6-8-13)18(21)22)17-15(24-3)9-14(23-2)10-16(17)25-4/h5-10,20H,1-4H3,(H,21,22). The van der Waals surface area contributed by atoms with E-state index in [9.17, 15) is 4.79 Å². The second-order valence-corrected chi connectivity index (χ2v) is 5.10. The zero-order valence-electron chi connectivity index (χ0n) is 14.5. The lowest BCUT2D eigenvalue weighted by molar-refractivity contribution is 0.0697. The molecule has 0 fully saturated rings. The first kappa shape index (κ1) is 18.1. The Morgan fingerprint density at radius 1 is 1.00 bits per heavy atom. The number of nitrogens with one attached hydrogen (secondary N) is 1. The summed E-state index contributed by atoms with van der Waals surface area (Å²) in [5.74, 6) is 0.780. The second kappa shape index (κ2) is 8.05. The Labute approximate surface area is 145 Å². The summed E-state index contributed by atoms with van der Waals surface area (Å²) in [6.07, 6.45) is 0. The van der Waals surface area contributed by atoms with Crippen molar-refractivity contribution in [2.75, 3.05) is 26.8 Å². The number of anilines is 1. The van der Waals surface area contributed by atoms with Crippen molar-refractivity contribution < 1.29 is 24.1 Å². The molecule has 7 heteroatoms. The topological polar surface area (TPSA) is 89.4 Å². The van der Waals surface area contributed by atoms with Gasteiger partial charge in [0.2, 0.25) is 0 Å². The fraction of sp³-hybridized carbons (Fsp3) is 0.222. The van der Waals surface area contributed by atoms with Crippen LogP contribution in [0, 0.1) is 0 Å². The molecule has 2 N–H and O–H groups in total. The maximum Gasteiger partial charge on any atom is 0.335 e. The lowest BCUT2D eigenvalue weighted by Gasteiger charge is -2.15. The average Bonchev–Trinajstić information content (AvgIpc) is 2.65. The van der Waals surface area contributed by atoms with Crippen molar-refractivity contribution in [3.8, 4) is 17.2 Å². The molecule has 132 valence electrons. The molecule has 7 nitrogen and oxygen atoms in total. The molecule has 25 heavy (non-hydrogen) atoms. The third kappa shape index (κ3) is 4.20. The minimum atomic E-state index is -0.973. The highest BCUT2D eigenvalue weighted by Crippen LogP contribution is 2.34. The van der Waals surface area contributed by atoms with Gasteiger partial charge in [-0.05, 0) is 31.2 Å². The number of rotatable bonds is 7. The van der Waals surface area contributed by atoms with Crippen molar-refractivity contribution in [3.05, 3.63) is 47.5 Å². The van der Waals surface area contributed by atoms with Gasteiger partial charge < -0.3 is 19.3 Å². The number of carboxylic acid groups (broad SMARTS) is 1. The molecule has 0 amide bonds. The highest BCUT2D eigenvalue weighted by atomic mass is 16.5. The summed E-state index contributed by atoms with van der Waals surface area (Å²) in [6, 6.07) is 9.79. The number of aromatic carboxylic acids is 1. The molecule has 0 spiro atoms. The van der Waals surface area contributed by atoms with Crippen molar-refractivity contribution in [1.82, 2.24) is 0 Å². The van der Waals surface area contributed by atoms with E-state index in [2.05, 4.69) is 10.5 Å². The summed E-state index contributed by atoms with van der Waals surface area (Å²) >= 11 is 0. The van der Waals surface area contributed by atoms with Gasteiger partial charge in [-0.25, -0.2) is 4.79 Å². The number of hydrogen-bond donors (Lipinski definition) is 2. The Balaban J connectivity index is 2.31. The fourth-order valence-electron chi connectivity index (χ4n) is 2.25. The number of carboxylic acids is 1. The van der Waals surface area contributed by atoms with Crippen LogP contribution in [-0.2, 0) is 0 Å². The highest BCUT2D eigenvalue weighted by molar-refractivity contribution is 6.04. The maximum absolute atomic E-state index is 10.9. The van der Waals surface area contributed by atoms with E-state index in [1.807, 2.05) is 6.92 Å². The minimum absolute atomic E-state index is 0.213. The summed E-state index contributed by atoms with van der Waals surface area (Å²) in [5.41, 5.74) is 5.10. The number of ether oxygens (including phenoxy) is 3. The van der Waals surface area contributed by atoms with E-state index in [1.165, 1.54) is 12.1 Å². The predicted octanol–water partition coefficient (Wildman–Crippen LogP) is 3.25. The van der Waals surface area contributed by atoms with Crippen LogP contribution in [0.1, 0.15) is 22.8 Å². The summed E-state index contributed by atoms with van der Waals surface area (Å²) < 4.78 is 16.1. The van der Waals surface area contributed by atoms with Gasteiger partial charge in [-0.3, -0.25) is 5.43 Å². The zero-order chi connectivity index (χ0) is 18.4. The van der Waals surface area contributed by atoms with E-state index in [0.29, 0.717) is 34.2 Å². The molecule has 2 rings (SSSR count). The van der Waals surface area contributed by atoms with Crippen molar-refractivity contribution >= 4 is 17.4 Å². The third-order valence-corrected chi connectivity index (χ3v) is 3.56. The lowest BCUT2D eigenvalue weighted by atomic mass is 10.1. The first-order valence-electron chi connectivity index (χ1n) is 7.44. The van der Waals surface area contributed by atoms with Crippen molar-refractivity contribution in [1.29, 1.82) is 0 Å². The van der Waals surface area contributed by atoms with E-state index in [4.69, 9.17) is 19.3 Å². The first-order valence-corrected chi connectivity index (χ1v) is 7.44. The molecule has 0 saturated heterocycles. The van der Waals surface area contributed by atoms with Gasteiger partial charge in [-0.2, -0.15) is 5.10 Å². The Morgan fingerprint density at radius 2 is 1.56 bits per heavy atom. The van der Waals surface area contributed by atoms with Crippen LogP contribution in [0.4, 0.5) is 5.69 Å². The van der Waals surface area contributed by atoms with Crippen LogP contribution in [0.5, 0.6) is 17.2 Å². The van der Waals surface area contributed by atoms with Gasteiger partial charge in [0.15, 0.2) is 0 Å². The van der Waals surface area contributed by atoms with Gasteiger partial charge >= 0.3 is 5.97 Å². The summed E-state index contributed by atoms with van der Waals surface area (Å²) in [5, 5.41) is 13.2. The van der Waals surface area contributed by atoms with Gasteiger partial charge in [0.25, 0.3) is 0 Å². The number of hydrazone groups is 1. The van der Waals surface area contributed by atoms with E-state index in [1.54, 1.807) is 45.6 Å². The molecule has 0 heterocycles. The molecule has 0 saturated carbocycles. The van der Waals surface area contributed by atoms with Crippen molar-refractivity contribution in [2.45, 2.75) is 6.92 Å². The van der Waals surface area contributed by atoms with Gasteiger partial charge in [-0.1, -0.05) is 0 Å². The van der Waals surface area contributed by atoms with Crippen molar-refractivity contribution in [2.24, 2.45) is 5.10 Å². The van der Waals surface area contributed by atoms with Crippen LogP contribution in [0.3, 0.4) is 0 Å². The average molecular weight is 344 g/mol. The largest absolute Gasteiger partial charge is 0.496 e. The van der Waals surface area contributed by atoms with Gasteiger partial charge in [0.05, 0.1) is 43.9 Å². The molecule has 0 aliphatic carbocycles. The molecular weight excluding hydrogens is 324 g/mol. The van der Waals surface area contributed by atoms with Gasteiger partial charge in [0.1, 0.15) is 17.2 Å². The molecule has 0 unspecified atom stereocenters. The molecule has 2 aromatic carbocycles. The van der Waals surface area contributed by atoms with Crippen LogP contribution in [0.25, 0.3) is 0 Å². The van der Waals surface area contributed by atoms with E-state index >= 15 is 0 Å². The van der Waals surface area contributed by atoms with Crippen LogP contribution >= 0.6 is 0 Å². The maximum atomic E-state index is 10.9. The SMILES string of the molecule is COc1cc(OC)c(C(C)=NNc2ccc(C(=O)O)cc2)c(OC)c1. The number of benzene rings is 2. The molecule has 0 radical (unpaired) electrons. The first-order chi connectivity index (χ1) is 12.0. The van der Waals surface area contributed by atoms with Gasteiger partial charge in [-0.15, -0.1) is 0 Å².